The molecule has 0 heterocycles. The fourth-order valence-electron chi connectivity index (χ4n) is 6.92. The number of hydrogen-bond acceptors (Lipinski definition) is 5. The molecule has 0 aromatic heterocycles. The Labute approximate surface area is 362 Å². The summed E-state index contributed by atoms with van der Waals surface area (Å²) in [7, 11) is 0. The fourth-order valence-corrected chi connectivity index (χ4v) is 6.92. The minimum absolute atomic E-state index is 0.0127. The first kappa shape index (κ1) is 55.8. The lowest BCUT2D eigenvalue weighted by Gasteiger charge is -2.18. The van der Waals surface area contributed by atoms with E-state index in [-0.39, 0.29) is 18.0 Å². The highest BCUT2D eigenvalue weighted by atomic mass is 16.5. The van der Waals surface area contributed by atoms with Crippen molar-refractivity contribution in [1.29, 1.82) is 0 Å². The normalized spacial score (nSPS) is 13.3. The van der Waals surface area contributed by atoms with Gasteiger partial charge in [0.1, 0.15) is 12.1 Å². The van der Waals surface area contributed by atoms with Crippen molar-refractivity contribution in [2.75, 3.05) is 6.54 Å². The zero-order valence-corrected chi connectivity index (χ0v) is 38.1. The van der Waals surface area contributed by atoms with Gasteiger partial charge in [0.05, 0.1) is 0 Å². The second-order valence-electron chi connectivity index (χ2n) is 16.1. The van der Waals surface area contributed by atoms with Gasteiger partial charge in [0.15, 0.2) is 0 Å². The number of carbonyl (C=O) groups excluding carboxylic acids is 2. The summed E-state index contributed by atoms with van der Waals surface area (Å²) in [5, 5.41) is 12.0. The summed E-state index contributed by atoms with van der Waals surface area (Å²) in [6.45, 7) is 4.83. The standard InChI is InChI=1S/C52H90N2O5/c1-3-5-7-9-11-13-15-17-18-19-20-21-22-23-24-25-27-29-31-36-40-46-51(56)59-48(42-37-33-30-28-26-16-14-12-10-8-6-4-2)43-38-34-32-35-39-45-50(55)54-49(52(57)58)44-41-47-53/h5,7,11,13,17-18,20-21,23-24,27,29,48-49H,3-4,6,8-10,12,14-16,19,22,25-26,28,30-47,53H2,1-2H3,(H,54,55)(H,57,58)/b7-5-,13-11-,18-17-,21-20-,24-23-,29-27-. The molecule has 0 saturated carbocycles. The Hall–Kier alpha value is -3.19. The van der Waals surface area contributed by atoms with Gasteiger partial charge in [-0.25, -0.2) is 4.79 Å². The molecule has 0 aromatic rings. The number of esters is 1. The third-order valence-electron chi connectivity index (χ3n) is 10.5. The lowest BCUT2D eigenvalue weighted by Crippen LogP contribution is -2.40. The molecule has 0 radical (unpaired) electrons. The zero-order valence-electron chi connectivity index (χ0n) is 38.1. The molecule has 2 atom stereocenters. The van der Waals surface area contributed by atoms with Gasteiger partial charge in [0.2, 0.25) is 5.91 Å². The smallest absolute Gasteiger partial charge is 0.326 e. The molecule has 59 heavy (non-hydrogen) atoms. The number of carboxylic acid groups (broad SMARTS) is 1. The average molecular weight is 823 g/mol. The van der Waals surface area contributed by atoms with Crippen LogP contribution in [0.4, 0.5) is 0 Å². The molecule has 0 saturated heterocycles. The van der Waals surface area contributed by atoms with Crippen LogP contribution in [0.1, 0.15) is 219 Å². The number of rotatable bonds is 43. The summed E-state index contributed by atoms with van der Waals surface area (Å²) >= 11 is 0. The van der Waals surface area contributed by atoms with Crippen molar-refractivity contribution >= 4 is 17.8 Å². The molecule has 0 rings (SSSR count). The van der Waals surface area contributed by atoms with E-state index in [4.69, 9.17) is 10.5 Å². The molecule has 0 spiro atoms. The number of hydrogen-bond donors (Lipinski definition) is 3. The number of aliphatic carboxylic acids is 1. The molecule has 0 aliphatic heterocycles. The predicted octanol–water partition coefficient (Wildman–Crippen LogP) is 14.3. The predicted molar refractivity (Wildman–Crippen MR) is 252 cm³/mol. The van der Waals surface area contributed by atoms with Crippen LogP contribution in [-0.4, -0.2) is 41.6 Å². The minimum atomic E-state index is -1.01. The summed E-state index contributed by atoms with van der Waals surface area (Å²) in [6.07, 6.45) is 59.5. The second kappa shape index (κ2) is 45.9. The number of allylic oxidation sites excluding steroid dienone is 12. The van der Waals surface area contributed by atoms with Gasteiger partial charge in [0.25, 0.3) is 0 Å². The molecule has 7 heteroatoms. The maximum Gasteiger partial charge on any atom is 0.326 e. The molecule has 7 nitrogen and oxygen atoms in total. The molecule has 0 aliphatic carbocycles. The van der Waals surface area contributed by atoms with Gasteiger partial charge in [-0.2, -0.15) is 0 Å². The molecule has 338 valence electrons. The van der Waals surface area contributed by atoms with Crippen LogP contribution >= 0.6 is 0 Å². The van der Waals surface area contributed by atoms with E-state index in [1.165, 1.54) is 70.6 Å². The second-order valence-corrected chi connectivity index (χ2v) is 16.1. The Morgan fingerprint density at radius 3 is 1.39 bits per heavy atom. The first-order valence-corrected chi connectivity index (χ1v) is 24.3. The molecule has 0 aromatic carbocycles. The van der Waals surface area contributed by atoms with Gasteiger partial charge >= 0.3 is 11.9 Å². The van der Waals surface area contributed by atoms with Crippen LogP contribution in [0.3, 0.4) is 0 Å². The van der Waals surface area contributed by atoms with Gasteiger partial charge in [-0.15, -0.1) is 0 Å². The van der Waals surface area contributed by atoms with Crippen LogP contribution in [0.5, 0.6) is 0 Å². The molecule has 2 unspecified atom stereocenters. The Kier molecular flexibility index (Phi) is 43.4. The molecule has 0 aliphatic rings. The van der Waals surface area contributed by atoms with E-state index in [0.29, 0.717) is 32.2 Å². The Bertz CT molecular complexity index is 1150. The Morgan fingerprint density at radius 2 is 0.932 bits per heavy atom. The average Bonchev–Trinajstić information content (AvgIpc) is 3.22. The van der Waals surface area contributed by atoms with Crippen molar-refractivity contribution < 1.29 is 24.2 Å². The van der Waals surface area contributed by atoms with Crippen molar-refractivity contribution in [3.8, 4) is 0 Å². The maximum atomic E-state index is 12.8. The van der Waals surface area contributed by atoms with E-state index < -0.39 is 12.0 Å². The van der Waals surface area contributed by atoms with Crippen molar-refractivity contribution in [2.24, 2.45) is 5.73 Å². The monoisotopic (exact) mass is 823 g/mol. The largest absolute Gasteiger partial charge is 0.480 e. The molecule has 0 bridgehead atoms. The molecule has 0 fully saturated rings. The molecule has 1 amide bonds. The van der Waals surface area contributed by atoms with Crippen LogP contribution in [0.15, 0.2) is 72.9 Å². The van der Waals surface area contributed by atoms with Crippen LogP contribution in [-0.2, 0) is 19.1 Å². The highest BCUT2D eigenvalue weighted by molar-refractivity contribution is 5.83. The third kappa shape index (κ3) is 42.7. The van der Waals surface area contributed by atoms with E-state index >= 15 is 0 Å². The summed E-state index contributed by atoms with van der Waals surface area (Å²) in [5.74, 6) is -1.28. The first-order chi connectivity index (χ1) is 28.9. The number of ether oxygens (including phenoxy) is 1. The van der Waals surface area contributed by atoms with Gasteiger partial charge in [-0.3, -0.25) is 9.59 Å². The van der Waals surface area contributed by atoms with Crippen molar-refractivity contribution in [2.45, 2.75) is 231 Å². The van der Waals surface area contributed by atoms with Crippen molar-refractivity contribution in [1.82, 2.24) is 5.32 Å². The lowest BCUT2D eigenvalue weighted by atomic mass is 10.0. The zero-order chi connectivity index (χ0) is 43.1. The number of nitrogens with one attached hydrogen (secondary N) is 1. The number of carboxylic acids is 1. The van der Waals surface area contributed by atoms with Crippen LogP contribution in [0, 0.1) is 0 Å². The molecule has 4 N–H and O–H groups in total. The first-order valence-electron chi connectivity index (χ1n) is 24.3. The lowest BCUT2D eigenvalue weighted by molar-refractivity contribution is -0.150. The minimum Gasteiger partial charge on any atom is -0.480 e. The van der Waals surface area contributed by atoms with E-state index in [0.717, 1.165) is 109 Å². The number of carbonyl (C=O) groups is 3. The van der Waals surface area contributed by atoms with Crippen molar-refractivity contribution in [3.63, 3.8) is 0 Å². The Morgan fingerprint density at radius 1 is 0.508 bits per heavy atom. The van der Waals surface area contributed by atoms with E-state index in [2.05, 4.69) is 92.1 Å². The van der Waals surface area contributed by atoms with E-state index in [1.54, 1.807) is 0 Å². The van der Waals surface area contributed by atoms with Crippen LogP contribution in [0.25, 0.3) is 0 Å². The molecular formula is C52H90N2O5. The number of unbranched alkanes of at least 4 members (excludes halogenated alkanes) is 17. The van der Waals surface area contributed by atoms with Gasteiger partial charge < -0.3 is 20.9 Å². The van der Waals surface area contributed by atoms with Crippen molar-refractivity contribution in [3.05, 3.63) is 72.9 Å². The Balaban J connectivity index is 4.37. The van der Waals surface area contributed by atoms with Gasteiger partial charge in [-0.1, -0.05) is 177 Å². The third-order valence-corrected chi connectivity index (χ3v) is 10.5. The quantitative estimate of drug-likeness (QED) is 0.0320. The highest BCUT2D eigenvalue weighted by Gasteiger charge is 2.19. The number of amides is 1. The maximum absolute atomic E-state index is 12.8. The topological polar surface area (TPSA) is 119 Å². The van der Waals surface area contributed by atoms with Gasteiger partial charge in [0, 0.05) is 12.8 Å². The summed E-state index contributed by atoms with van der Waals surface area (Å²) in [4.78, 5) is 36.5. The SMILES string of the molecule is CC/C=C\C/C=C\C/C=C\C/C=C\C/C=C\C/C=C\CCCCC(=O)OC(CCCCCCCCCCCCCC)CCCCCCCC(=O)NC(CCCN)C(=O)O. The van der Waals surface area contributed by atoms with Gasteiger partial charge in [-0.05, 0) is 109 Å². The van der Waals surface area contributed by atoms with Crippen LogP contribution in [0.2, 0.25) is 0 Å². The van der Waals surface area contributed by atoms with Crippen LogP contribution < -0.4 is 11.1 Å². The summed E-state index contributed by atoms with van der Waals surface area (Å²) in [5.41, 5.74) is 5.49. The highest BCUT2D eigenvalue weighted by Crippen LogP contribution is 2.19. The fraction of sp³-hybridized carbons (Fsp3) is 0.712. The number of nitrogens with two attached hydrogens (primary N) is 1. The summed E-state index contributed by atoms with van der Waals surface area (Å²) in [6, 6.07) is -0.863. The summed E-state index contributed by atoms with van der Waals surface area (Å²) < 4.78 is 6.05. The van der Waals surface area contributed by atoms with E-state index in [1.807, 2.05) is 0 Å². The van der Waals surface area contributed by atoms with E-state index in [9.17, 15) is 19.5 Å². The molecular weight excluding hydrogens is 733 g/mol.